The molecule has 94 valence electrons. The van der Waals surface area contributed by atoms with E-state index in [0.29, 0.717) is 5.69 Å². The highest BCUT2D eigenvalue weighted by atomic mass is 35.5. The number of H-pyrrole nitrogens is 1. The van der Waals surface area contributed by atoms with Crippen molar-refractivity contribution in [2.45, 2.75) is 6.54 Å². The van der Waals surface area contributed by atoms with Crippen molar-refractivity contribution in [1.82, 2.24) is 14.1 Å². The summed E-state index contributed by atoms with van der Waals surface area (Å²) in [5.74, 6) is -0.243. The highest BCUT2D eigenvalue weighted by molar-refractivity contribution is 6.30. The third kappa shape index (κ3) is 2.28. The summed E-state index contributed by atoms with van der Waals surface area (Å²) in [7, 11) is 1.73. The van der Waals surface area contributed by atoms with Crippen molar-refractivity contribution < 1.29 is 4.79 Å². The number of aromatic nitrogens is 3. The third-order valence-corrected chi connectivity index (χ3v) is 2.78. The topological polar surface area (TPSA) is 76.9 Å². The van der Waals surface area contributed by atoms with Gasteiger partial charge in [0.2, 0.25) is 0 Å². The van der Waals surface area contributed by atoms with Gasteiger partial charge in [-0.3, -0.25) is 19.1 Å². The van der Waals surface area contributed by atoms with Crippen LogP contribution in [0.2, 0.25) is 5.02 Å². The second-order valence-corrected chi connectivity index (χ2v) is 4.20. The Kier molecular flexibility index (Phi) is 3.20. The lowest BCUT2D eigenvalue weighted by Gasteiger charge is -2.05. The average molecular weight is 268 g/mol. The maximum absolute atomic E-state index is 11.9. The smallest absolute Gasteiger partial charge is 0.328 e. The molecule has 6 nitrogen and oxygen atoms in total. The van der Waals surface area contributed by atoms with Gasteiger partial charge in [-0.1, -0.05) is 11.6 Å². The lowest BCUT2D eigenvalue weighted by Crippen LogP contribution is -2.32. The molecule has 2 rings (SSSR count). The largest absolute Gasteiger partial charge is 0.348 e. The van der Waals surface area contributed by atoms with Crippen LogP contribution < -0.4 is 11.2 Å². The number of carbonyl (C=O) groups is 1. The molecule has 18 heavy (non-hydrogen) atoms. The zero-order valence-corrected chi connectivity index (χ0v) is 10.3. The molecule has 0 spiro atoms. The van der Waals surface area contributed by atoms with Crippen molar-refractivity contribution in [3.05, 3.63) is 56.1 Å². The number of rotatable bonds is 3. The minimum atomic E-state index is -0.663. The lowest BCUT2D eigenvalue weighted by atomic mass is 10.3. The Morgan fingerprint density at radius 2 is 2.17 bits per heavy atom. The van der Waals surface area contributed by atoms with Crippen LogP contribution in [0.5, 0.6) is 0 Å². The Balaban J connectivity index is 2.33. The Hall–Kier alpha value is -2.08. The monoisotopic (exact) mass is 267 g/mol. The maximum Gasteiger partial charge on any atom is 0.328 e. The fourth-order valence-corrected chi connectivity index (χ4v) is 1.75. The molecule has 0 aliphatic carbocycles. The molecule has 0 saturated heterocycles. The number of aromatic amines is 1. The SMILES string of the molecule is Cn1cccc1C(=O)Cn1cc(Cl)c(=O)[nH]c1=O. The molecule has 2 heterocycles. The molecule has 0 fully saturated rings. The van der Waals surface area contributed by atoms with Crippen LogP contribution in [0.15, 0.2) is 34.1 Å². The van der Waals surface area contributed by atoms with Gasteiger partial charge < -0.3 is 4.57 Å². The van der Waals surface area contributed by atoms with E-state index in [1.165, 1.54) is 0 Å². The molecule has 0 aromatic carbocycles. The Bertz CT molecular complexity index is 711. The first-order valence-electron chi connectivity index (χ1n) is 5.13. The molecule has 1 N–H and O–H groups in total. The van der Waals surface area contributed by atoms with E-state index in [4.69, 9.17) is 11.6 Å². The van der Waals surface area contributed by atoms with Gasteiger partial charge in [-0.25, -0.2) is 4.79 Å². The number of hydrogen-bond donors (Lipinski definition) is 1. The summed E-state index contributed by atoms with van der Waals surface area (Å²) < 4.78 is 2.72. The van der Waals surface area contributed by atoms with Crippen molar-refractivity contribution in [1.29, 1.82) is 0 Å². The van der Waals surface area contributed by atoms with Crippen LogP contribution in [0.1, 0.15) is 10.5 Å². The third-order valence-electron chi connectivity index (χ3n) is 2.51. The van der Waals surface area contributed by atoms with Crippen LogP contribution in [0.25, 0.3) is 0 Å². The molecule has 0 radical (unpaired) electrons. The number of ketones is 1. The minimum absolute atomic E-state index is 0.130. The van der Waals surface area contributed by atoms with E-state index in [9.17, 15) is 14.4 Å². The number of halogens is 1. The summed E-state index contributed by atoms with van der Waals surface area (Å²) in [4.78, 5) is 36.5. The molecule has 0 aliphatic rings. The van der Waals surface area contributed by atoms with E-state index in [1.54, 1.807) is 29.9 Å². The Morgan fingerprint density at radius 1 is 1.44 bits per heavy atom. The van der Waals surface area contributed by atoms with Gasteiger partial charge in [-0.2, -0.15) is 0 Å². The van der Waals surface area contributed by atoms with Crippen LogP contribution in [0.3, 0.4) is 0 Å². The molecule has 0 amide bonds. The zero-order valence-electron chi connectivity index (χ0n) is 9.51. The van der Waals surface area contributed by atoms with Gasteiger partial charge in [0.25, 0.3) is 5.56 Å². The summed E-state index contributed by atoms with van der Waals surface area (Å²) in [5, 5.41) is -0.130. The number of aryl methyl sites for hydroxylation is 1. The summed E-state index contributed by atoms with van der Waals surface area (Å²) in [6.45, 7) is -0.173. The van der Waals surface area contributed by atoms with E-state index < -0.39 is 11.2 Å². The summed E-state index contributed by atoms with van der Waals surface area (Å²) >= 11 is 5.61. The zero-order chi connectivity index (χ0) is 13.3. The van der Waals surface area contributed by atoms with Crippen molar-refractivity contribution in [3.8, 4) is 0 Å². The fraction of sp³-hybridized carbons (Fsp3) is 0.182. The molecule has 0 saturated carbocycles. The average Bonchev–Trinajstić information content (AvgIpc) is 2.72. The standard InChI is InChI=1S/C11H10ClN3O3/c1-14-4-2-3-8(14)9(16)6-15-5-7(12)10(17)13-11(15)18/h2-5H,6H2,1H3,(H,13,17,18). The molecule has 2 aromatic heterocycles. The fourth-order valence-electron chi connectivity index (χ4n) is 1.59. The van der Waals surface area contributed by atoms with E-state index >= 15 is 0 Å². The van der Waals surface area contributed by atoms with Gasteiger partial charge >= 0.3 is 5.69 Å². The van der Waals surface area contributed by atoms with Crippen molar-refractivity contribution >= 4 is 17.4 Å². The first-order valence-corrected chi connectivity index (χ1v) is 5.50. The van der Waals surface area contributed by atoms with Gasteiger partial charge in [-0.05, 0) is 12.1 Å². The van der Waals surface area contributed by atoms with Gasteiger partial charge in [0.1, 0.15) is 5.02 Å². The van der Waals surface area contributed by atoms with E-state index in [-0.39, 0.29) is 17.4 Å². The summed E-state index contributed by atoms with van der Waals surface area (Å²) in [6.07, 6.45) is 2.89. The Morgan fingerprint density at radius 3 is 2.78 bits per heavy atom. The van der Waals surface area contributed by atoms with Gasteiger partial charge in [0, 0.05) is 19.4 Å². The molecule has 2 aromatic rings. The summed E-state index contributed by atoms with van der Waals surface area (Å²) in [6, 6.07) is 3.39. The number of carbonyl (C=O) groups excluding carboxylic acids is 1. The van der Waals surface area contributed by atoms with E-state index in [0.717, 1.165) is 10.8 Å². The molecule has 0 bridgehead atoms. The molecule has 0 unspecified atom stereocenters. The maximum atomic E-state index is 11.9. The first-order chi connectivity index (χ1) is 8.49. The second kappa shape index (κ2) is 4.66. The molecule has 0 atom stereocenters. The van der Waals surface area contributed by atoms with Crippen molar-refractivity contribution in [2.75, 3.05) is 0 Å². The number of hydrogen-bond acceptors (Lipinski definition) is 3. The predicted octanol–water partition coefficient (Wildman–Crippen LogP) is 0.411. The van der Waals surface area contributed by atoms with E-state index in [1.807, 2.05) is 4.98 Å². The van der Waals surface area contributed by atoms with E-state index in [2.05, 4.69) is 0 Å². The van der Waals surface area contributed by atoms with Gasteiger partial charge in [0.05, 0.1) is 12.2 Å². The van der Waals surface area contributed by atoms with Crippen LogP contribution in [-0.4, -0.2) is 19.9 Å². The summed E-state index contributed by atoms with van der Waals surface area (Å²) in [5.41, 5.74) is -0.847. The number of nitrogens with one attached hydrogen (secondary N) is 1. The van der Waals surface area contributed by atoms with Crippen molar-refractivity contribution in [2.24, 2.45) is 7.05 Å². The van der Waals surface area contributed by atoms with Crippen LogP contribution in [0.4, 0.5) is 0 Å². The first kappa shape index (κ1) is 12.4. The highest BCUT2D eigenvalue weighted by Gasteiger charge is 2.11. The molecular weight excluding hydrogens is 258 g/mol. The lowest BCUT2D eigenvalue weighted by molar-refractivity contribution is 0.0962. The predicted molar refractivity (Wildman–Crippen MR) is 66.1 cm³/mol. The second-order valence-electron chi connectivity index (χ2n) is 3.79. The molecular formula is C11H10ClN3O3. The minimum Gasteiger partial charge on any atom is -0.348 e. The van der Waals surface area contributed by atoms with Crippen molar-refractivity contribution in [3.63, 3.8) is 0 Å². The quantitative estimate of drug-likeness (QED) is 0.819. The highest BCUT2D eigenvalue weighted by Crippen LogP contribution is 2.03. The van der Waals surface area contributed by atoms with Gasteiger partial charge in [-0.15, -0.1) is 0 Å². The van der Waals surface area contributed by atoms with Crippen LogP contribution in [-0.2, 0) is 13.6 Å². The van der Waals surface area contributed by atoms with Crippen LogP contribution >= 0.6 is 11.6 Å². The molecule has 0 aliphatic heterocycles. The Labute approximate surface area is 106 Å². The van der Waals surface area contributed by atoms with Gasteiger partial charge in [0.15, 0.2) is 5.78 Å². The number of Topliss-reactive ketones (excluding diaryl/α,β-unsaturated/α-hetero) is 1. The normalized spacial score (nSPS) is 10.6. The van der Waals surface area contributed by atoms with Crippen LogP contribution in [0, 0.1) is 0 Å². The number of nitrogens with zero attached hydrogens (tertiary/aromatic N) is 2. The molecule has 7 heteroatoms.